The van der Waals surface area contributed by atoms with Crippen molar-refractivity contribution in [3.05, 3.63) is 180 Å². The van der Waals surface area contributed by atoms with E-state index in [2.05, 4.69) is 115 Å². The molecular weight excluding hydrogens is 540 g/mol. The second-order valence-corrected chi connectivity index (χ2v) is 11.2. The fraction of sp³-hybridized carbons (Fsp3) is 0.0244. The molecule has 8 aromatic rings. The van der Waals surface area contributed by atoms with E-state index in [-0.39, 0.29) is 0 Å². The van der Waals surface area contributed by atoms with Crippen molar-refractivity contribution in [3.63, 3.8) is 0 Å². The van der Waals surface area contributed by atoms with Crippen LogP contribution in [0, 0.1) is 0 Å². The molecule has 3 heterocycles. The molecule has 0 amide bonds. The van der Waals surface area contributed by atoms with Crippen molar-refractivity contribution < 1.29 is 13.6 Å². The maximum atomic E-state index is 6.66. The summed E-state index contributed by atoms with van der Waals surface area (Å²) in [7, 11) is 0. The van der Waals surface area contributed by atoms with Crippen LogP contribution in [0.1, 0.15) is 22.3 Å². The van der Waals surface area contributed by atoms with Gasteiger partial charge in [0.1, 0.15) is 34.2 Å². The second-order valence-electron chi connectivity index (χ2n) is 11.2. The average molecular weight is 567 g/mol. The Labute approximate surface area is 254 Å². The second kappa shape index (κ2) is 9.62. The van der Waals surface area contributed by atoms with Gasteiger partial charge in [0.25, 0.3) is 0 Å². The molecular formula is C41H26O3. The predicted molar refractivity (Wildman–Crippen MR) is 175 cm³/mol. The van der Waals surface area contributed by atoms with Gasteiger partial charge >= 0.3 is 0 Å². The number of hydrogen-bond donors (Lipinski definition) is 0. The molecule has 0 saturated heterocycles. The van der Waals surface area contributed by atoms with Gasteiger partial charge in [0.15, 0.2) is 0 Å². The minimum Gasteiger partial charge on any atom is -0.457 e. The molecule has 0 N–H and O–H groups in total. The van der Waals surface area contributed by atoms with Crippen LogP contribution in [-0.2, 0) is 5.41 Å². The zero-order valence-corrected chi connectivity index (χ0v) is 23.7. The number of furan rings is 2. The van der Waals surface area contributed by atoms with Crippen molar-refractivity contribution in [3.8, 4) is 34.1 Å². The first kappa shape index (κ1) is 24.8. The zero-order valence-electron chi connectivity index (χ0n) is 23.7. The molecule has 3 heteroatoms. The van der Waals surface area contributed by atoms with E-state index in [0.29, 0.717) is 0 Å². The lowest BCUT2D eigenvalue weighted by Gasteiger charge is -2.41. The molecule has 9 rings (SSSR count). The maximum absolute atomic E-state index is 6.66. The lowest BCUT2D eigenvalue weighted by atomic mass is 9.63. The van der Waals surface area contributed by atoms with E-state index < -0.39 is 5.41 Å². The first-order valence-corrected chi connectivity index (χ1v) is 14.8. The van der Waals surface area contributed by atoms with E-state index in [0.717, 1.165) is 67.2 Å². The van der Waals surface area contributed by atoms with E-state index in [9.17, 15) is 0 Å². The van der Waals surface area contributed by atoms with Crippen molar-refractivity contribution in [2.45, 2.75) is 5.41 Å². The Morgan fingerprint density at radius 3 is 1.91 bits per heavy atom. The first-order valence-electron chi connectivity index (χ1n) is 14.8. The van der Waals surface area contributed by atoms with Gasteiger partial charge in [-0.15, -0.1) is 0 Å². The molecule has 1 aliphatic heterocycles. The number of para-hydroxylation sites is 3. The highest BCUT2D eigenvalue weighted by molar-refractivity contribution is 6.09. The molecule has 6 aromatic carbocycles. The summed E-state index contributed by atoms with van der Waals surface area (Å²) in [6, 6.07) is 54.6. The highest BCUT2D eigenvalue weighted by Crippen LogP contribution is 2.55. The van der Waals surface area contributed by atoms with Crippen molar-refractivity contribution in [2.24, 2.45) is 0 Å². The van der Waals surface area contributed by atoms with Gasteiger partial charge in [0.05, 0.1) is 11.0 Å². The fourth-order valence-corrected chi connectivity index (χ4v) is 6.94. The third-order valence-corrected chi connectivity index (χ3v) is 8.87. The van der Waals surface area contributed by atoms with Crippen molar-refractivity contribution >= 4 is 21.9 Å². The van der Waals surface area contributed by atoms with Crippen LogP contribution in [0.3, 0.4) is 0 Å². The summed E-state index contributed by atoms with van der Waals surface area (Å²) in [6.07, 6.45) is 0. The standard InChI is InChI=1S/C41H26O3/c1-3-12-28(13-4-1)41(29-14-5-2-6-15-29)33-19-8-10-21-38(33)43-39-26-27(22-23-34(39)41)35-24-25-37(42-35)32-18-11-17-31-30-16-7-9-20-36(30)44-40(31)32/h1-26H. The van der Waals surface area contributed by atoms with Gasteiger partial charge in [0.2, 0.25) is 0 Å². The van der Waals surface area contributed by atoms with Crippen molar-refractivity contribution in [2.75, 3.05) is 0 Å². The molecule has 1 aliphatic rings. The molecule has 0 radical (unpaired) electrons. The van der Waals surface area contributed by atoms with Gasteiger partial charge in [-0.05, 0) is 47.5 Å². The molecule has 2 aromatic heterocycles. The molecule has 0 bridgehead atoms. The van der Waals surface area contributed by atoms with Gasteiger partial charge in [-0.3, -0.25) is 0 Å². The number of hydrogen-bond acceptors (Lipinski definition) is 3. The van der Waals surface area contributed by atoms with Crippen LogP contribution in [0.4, 0.5) is 0 Å². The van der Waals surface area contributed by atoms with E-state index in [1.165, 1.54) is 11.1 Å². The third kappa shape index (κ3) is 3.56. The van der Waals surface area contributed by atoms with E-state index in [4.69, 9.17) is 13.6 Å². The Kier molecular flexibility index (Phi) is 5.41. The summed E-state index contributed by atoms with van der Waals surface area (Å²) in [6.45, 7) is 0. The number of rotatable bonds is 4. The van der Waals surface area contributed by atoms with Gasteiger partial charge in [-0.1, -0.05) is 121 Å². The zero-order chi connectivity index (χ0) is 29.1. The van der Waals surface area contributed by atoms with Gasteiger partial charge < -0.3 is 13.6 Å². The SMILES string of the molecule is c1ccc(C2(c3ccccc3)c3ccccc3Oc3cc(-c4ccc(-c5cccc6c5oc5ccccc56)o4)ccc32)cc1. The fourth-order valence-electron chi connectivity index (χ4n) is 6.94. The van der Waals surface area contributed by atoms with E-state index in [1.54, 1.807) is 0 Å². The lowest BCUT2D eigenvalue weighted by molar-refractivity contribution is 0.434. The Morgan fingerprint density at radius 2 is 1.09 bits per heavy atom. The minimum absolute atomic E-state index is 0.545. The number of benzene rings is 6. The third-order valence-electron chi connectivity index (χ3n) is 8.87. The van der Waals surface area contributed by atoms with Crippen molar-refractivity contribution in [1.82, 2.24) is 0 Å². The topological polar surface area (TPSA) is 35.5 Å². The van der Waals surface area contributed by atoms with Crippen LogP contribution in [0.15, 0.2) is 167 Å². The van der Waals surface area contributed by atoms with Crippen LogP contribution in [-0.4, -0.2) is 0 Å². The summed E-state index contributed by atoms with van der Waals surface area (Å²) in [5, 5.41) is 2.18. The lowest BCUT2D eigenvalue weighted by Crippen LogP contribution is -2.34. The Morgan fingerprint density at radius 1 is 0.432 bits per heavy atom. The molecule has 0 aliphatic carbocycles. The van der Waals surface area contributed by atoms with Gasteiger partial charge in [-0.2, -0.15) is 0 Å². The first-order chi connectivity index (χ1) is 21.8. The predicted octanol–water partition coefficient (Wildman–Crippen LogP) is 11.0. The molecule has 0 fully saturated rings. The molecule has 3 nitrogen and oxygen atoms in total. The number of fused-ring (bicyclic) bond motifs is 5. The summed E-state index contributed by atoms with van der Waals surface area (Å²) >= 11 is 0. The monoisotopic (exact) mass is 566 g/mol. The average Bonchev–Trinajstić information content (AvgIpc) is 3.73. The van der Waals surface area contributed by atoms with Crippen LogP contribution in [0.2, 0.25) is 0 Å². The summed E-state index contributed by atoms with van der Waals surface area (Å²) in [5.41, 5.74) is 7.63. The summed E-state index contributed by atoms with van der Waals surface area (Å²) in [5.74, 6) is 3.19. The maximum Gasteiger partial charge on any atom is 0.146 e. The Bertz CT molecular complexity index is 2270. The smallest absolute Gasteiger partial charge is 0.146 e. The van der Waals surface area contributed by atoms with E-state index in [1.807, 2.05) is 42.5 Å². The summed E-state index contributed by atoms with van der Waals surface area (Å²) < 4.78 is 19.5. The normalized spacial score (nSPS) is 13.4. The van der Waals surface area contributed by atoms with E-state index >= 15 is 0 Å². The molecule has 0 saturated carbocycles. The Hall–Kier alpha value is -5.80. The molecule has 0 unspecified atom stereocenters. The van der Waals surface area contributed by atoms with Crippen LogP contribution in [0.25, 0.3) is 44.6 Å². The highest BCUT2D eigenvalue weighted by atomic mass is 16.5. The van der Waals surface area contributed by atoms with Crippen LogP contribution >= 0.6 is 0 Å². The quantitative estimate of drug-likeness (QED) is 0.213. The van der Waals surface area contributed by atoms with Crippen molar-refractivity contribution in [1.29, 1.82) is 0 Å². The molecule has 44 heavy (non-hydrogen) atoms. The van der Waals surface area contributed by atoms with Gasteiger partial charge in [0, 0.05) is 27.5 Å². The molecule has 0 spiro atoms. The minimum atomic E-state index is -0.545. The van der Waals surface area contributed by atoms with Crippen LogP contribution in [0.5, 0.6) is 11.5 Å². The number of ether oxygens (including phenoxy) is 1. The summed E-state index contributed by atoms with van der Waals surface area (Å²) in [4.78, 5) is 0. The van der Waals surface area contributed by atoms with Crippen LogP contribution < -0.4 is 4.74 Å². The molecule has 208 valence electrons. The van der Waals surface area contributed by atoms with Gasteiger partial charge in [-0.25, -0.2) is 0 Å². The Balaban J connectivity index is 1.21. The highest BCUT2D eigenvalue weighted by Gasteiger charge is 2.45. The molecule has 0 atom stereocenters. The largest absolute Gasteiger partial charge is 0.457 e.